The highest BCUT2D eigenvalue weighted by Gasteiger charge is 2.27. The lowest BCUT2D eigenvalue weighted by Gasteiger charge is -2.31. The normalized spacial score (nSPS) is 15.8. The average molecular weight is 481 g/mol. The summed E-state index contributed by atoms with van der Waals surface area (Å²) in [6.45, 7) is 6.73. The van der Waals surface area contributed by atoms with Gasteiger partial charge in [-0.05, 0) is 77.1 Å². The van der Waals surface area contributed by atoms with Gasteiger partial charge in [-0.3, -0.25) is 4.68 Å². The summed E-state index contributed by atoms with van der Waals surface area (Å²) in [5.74, 6) is -0.307. The molecule has 4 heteroatoms. The molecule has 5 rings (SSSR count). The molecule has 0 amide bonds. The number of carboxylic acid groups (broad SMARTS) is 1. The van der Waals surface area contributed by atoms with E-state index in [9.17, 15) is 9.90 Å². The molecule has 1 fully saturated rings. The van der Waals surface area contributed by atoms with Gasteiger partial charge in [0.05, 0.1) is 23.3 Å². The Morgan fingerprint density at radius 1 is 0.944 bits per heavy atom. The number of aromatic carboxylic acids is 1. The van der Waals surface area contributed by atoms with Crippen LogP contribution in [0.4, 0.5) is 0 Å². The van der Waals surface area contributed by atoms with Crippen molar-refractivity contribution in [3.63, 3.8) is 0 Å². The standard InChI is InChI=1S/C32H36N2O2/c1-32(2,3)28-16-13-23(14-17-28)26-15-18-29-27(20-26)21-33-34(29)30(24-7-5-4-6-8-24)19-22-9-11-25(12-10-22)31(35)36/h9-18,20-21,24,30H,4-8,19H2,1-3H3,(H,35,36). The first-order chi connectivity index (χ1) is 17.3. The SMILES string of the molecule is CC(C)(C)c1ccc(-c2ccc3c(cnn3C(Cc3ccc(C(=O)O)cc3)C3CCCCC3)c2)cc1. The highest BCUT2D eigenvalue weighted by Crippen LogP contribution is 2.37. The highest BCUT2D eigenvalue weighted by atomic mass is 16.4. The summed E-state index contributed by atoms with van der Waals surface area (Å²) in [6.07, 6.45) is 9.16. The van der Waals surface area contributed by atoms with Crippen molar-refractivity contribution in [2.24, 2.45) is 5.92 Å². The third-order valence-corrected chi connectivity index (χ3v) is 7.83. The molecule has 3 aromatic carbocycles. The minimum atomic E-state index is -0.882. The molecule has 0 aliphatic heterocycles. The Kier molecular flexibility index (Phi) is 6.70. The predicted molar refractivity (Wildman–Crippen MR) is 147 cm³/mol. The van der Waals surface area contributed by atoms with Gasteiger partial charge in [0.2, 0.25) is 0 Å². The lowest BCUT2D eigenvalue weighted by molar-refractivity contribution is 0.0697. The highest BCUT2D eigenvalue weighted by molar-refractivity contribution is 5.87. The van der Waals surface area contributed by atoms with E-state index in [1.165, 1.54) is 54.3 Å². The Labute approximate surface area is 214 Å². The summed E-state index contributed by atoms with van der Waals surface area (Å²) in [5.41, 5.74) is 6.58. The number of nitrogens with zero attached hydrogens (tertiary/aromatic N) is 2. The van der Waals surface area contributed by atoms with Crippen LogP contribution in [0.5, 0.6) is 0 Å². The Bertz CT molecular complexity index is 1340. The second-order valence-electron chi connectivity index (χ2n) is 11.4. The zero-order valence-corrected chi connectivity index (χ0v) is 21.6. The molecule has 1 unspecified atom stereocenters. The zero-order valence-electron chi connectivity index (χ0n) is 21.6. The van der Waals surface area contributed by atoms with E-state index >= 15 is 0 Å². The molecule has 0 spiro atoms. The van der Waals surface area contributed by atoms with Gasteiger partial charge >= 0.3 is 5.97 Å². The molecule has 1 aromatic heterocycles. The minimum absolute atomic E-state index is 0.145. The van der Waals surface area contributed by atoms with Gasteiger partial charge in [-0.1, -0.05) is 82.5 Å². The van der Waals surface area contributed by atoms with E-state index in [0.29, 0.717) is 11.5 Å². The first-order valence-corrected chi connectivity index (χ1v) is 13.2. The van der Waals surface area contributed by atoms with Crippen molar-refractivity contribution in [1.29, 1.82) is 0 Å². The average Bonchev–Trinajstić information content (AvgIpc) is 3.30. The topological polar surface area (TPSA) is 55.1 Å². The molecule has 4 nitrogen and oxygen atoms in total. The van der Waals surface area contributed by atoms with Gasteiger partial charge in [0.1, 0.15) is 0 Å². The molecular weight excluding hydrogens is 444 g/mol. The van der Waals surface area contributed by atoms with Crippen LogP contribution in [0, 0.1) is 5.92 Å². The number of hydrogen-bond acceptors (Lipinski definition) is 2. The predicted octanol–water partition coefficient (Wildman–Crippen LogP) is 8.06. The Balaban J connectivity index is 1.46. The largest absolute Gasteiger partial charge is 0.478 e. The van der Waals surface area contributed by atoms with E-state index in [0.717, 1.165) is 17.4 Å². The third kappa shape index (κ3) is 5.09. The van der Waals surface area contributed by atoms with Crippen LogP contribution in [0.25, 0.3) is 22.0 Å². The summed E-state index contributed by atoms with van der Waals surface area (Å²) in [7, 11) is 0. The number of carbonyl (C=O) groups is 1. The van der Waals surface area contributed by atoms with Gasteiger partial charge in [0, 0.05) is 5.39 Å². The van der Waals surface area contributed by atoms with Crippen LogP contribution in [-0.4, -0.2) is 20.9 Å². The molecule has 0 bridgehead atoms. The van der Waals surface area contributed by atoms with Crippen molar-refractivity contribution in [3.05, 3.63) is 89.6 Å². The summed E-state index contributed by atoms with van der Waals surface area (Å²) < 4.78 is 2.24. The van der Waals surface area contributed by atoms with E-state index in [1.54, 1.807) is 12.1 Å². The van der Waals surface area contributed by atoms with Crippen LogP contribution in [0.2, 0.25) is 0 Å². The lowest BCUT2D eigenvalue weighted by Crippen LogP contribution is -2.24. The maximum atomic E-state index is 11.3. The summed E-state index contributed by atoms with van der Waals surface area (Å²) >= 11 is 0. The first kappa shape index (κ1) is 24.3. The molecule has 36 heavy (non-hydrogen) atoms. The van der Waals surface area contributed by atoms with E-state index in [-0.39, 0.29) is 11.5 Å². The number of carboxylic acids is 1. The molecule has 4 aromatic rings. The lowest BCUT2D eigenvalue weighted by atomic mass is 9.81. The maximum absolute atomic E-state index is 11.3. The quantitative estimate of drug-likeness (QED) is 0.304. The Morgan fingerprint density at radius 3 is 2.25 bits per heavy atom. The van der Waals surface area contributed by atoms with Gasteiger partial charge in [-0.15, -0.1) is 0 Å². The van der Waals surface area contributed by atoms with Crippen LogP contribution < -0.4 is 0 Å². The molecule has 186 valence electrons. The monoisotopic (exact) mass is 480 g/mol. The molecule has 1 aliphatic carbocycles. The number of rotatable bonds is 6. The van der Waals surface area contributed by atoms with Crippen LogP contribution in [0.15, 0.2) is 72.9 Å². The molecule has 1 N–H and O–H groups in total. The fourth-order valence-electron chi connectivity index (χ4n) is 5.66. The molecule has 0 radical (unpaired) electrons. The molecule has 1 atom stereocenters. The summed E-state index contributed by atoms with van der Waals surface area (Å²) in [6, 6.07) is 23.2. The second kappa shape index (κ2) is 9.93. The molecule has 0 saturated heterocycles. The van der Waals surface area contributed by atoms with Crippen molar-refractivity contribution in [1.82, 2.24) is 9.78 Å². The number of aromatic nitrogens is 2. The Hall–Kier alpha value is -3.40. The van der Waals surface area contributed by atoms with Gasteiger partial charge < -0.3 is 5.11 Å². The van der Waals surface area contributed by atoms with Crippen LogP contribution in [0.3, 0.4) is 0 Å². The fourth-order valence-corrected chi connectivity index (χ4v) is 5.66. The van der Waals surface area contributed by atoms with Crippen LogP contribution >= 0.6 is 0 Å². The minimum Gasteiger partial charge on any atom is -0.478 e. The van der Waals surface area contributed by atoms with Gasteiger partial charge in [-0.25, -0.2) is 4.79 Å². The molecule has 1 heterocycles. The second-order valence-corrected chi connectivity index (χ2v) is 11.4. The Morgan fingerprint density at radius 2 is 1.61 bits per heavy atom. The van der Waals surface area contributed by atoms with Gasteiger partial charge in [-0.2, -0.15) is 5.10 Å². The van der Waals surface area contributed by atoms with Crippen molar-refractivity contribution in [3.8, 4) is 11.1 Å². The molecular formula is C32H36N2O2. The maximum Gasteiger partial charge on any atom is 0.335 e. The number of fused-ring (bicyclic) bond motifs is 1. The first-order valence-electron chi connectivity index (χ1n) is 13.2. The third-order valence-electron chi connectivity index (χ3n) is 7.83. The zero-order chi connectivity index (χ0) is 25.3. The molecule has 1 aliphatic rings. The van der Waals surface area contributed by atoms with E-state index < -0.39 is 5.97 Å². The van der Waals surface area contributed by atoms with Crippen LogP contribution in [0.1, 0.15) is 80.4 Å². The fraction of sp³-hybridized carbons (Fsp3) is 0.375. The number of benzene rings is 3. The van der Waals surface area contributed by atoms with Crippen molar-refractivity contribution in [2.75, 3.05) is 0 Å². The van der Waals surface area contributed by atoms with Crippen molar-refractivity contribution < 1.29 is 9.90 Å². The van der Waals surface area contributed by atoms with Crippen molar-refractivity contribution >= 4 is 16.9 Å². The summed E-state index contributed by atoms with van der Waals surface area (Å²) in [5, 5.41) is 15.3. The smallest absolute Gasteiger partial charge is 0.335 e. The molecule has 1 saturated carbocycles. The van der Waals surface area contributed by atoms with Crippen LogP contribution in [-0.2, 0) is 11.8 Å². The van der Waals surface area contributed by atoms with Crippen molar-refractivity contribution in [2.45, 2.75) is 70.8 Å². The van der Waals surface area contributed by atoms with E-state index in [4.69, 9.17) is 5.10 Å². The van der Waals surface area contributed by atoms with Gasteiger partial charge in [0.25, 0.3) is 0 Å². The van der Waals surface area contributed by atoms with E-state index in [2.05, 4.69) is 67.9 Å². The van der Waals surface area contributed by atoms with E-state index in [1.807, 2.05) is 18.3 Å². The number of hydrogen-bond donors (Lipinski definition) is 1. The summed E-state index contributed by atoms with van der Waals surface area (Å²) in [4.78, 5) is 11.3. The van der Waals surface area contributed by atoms with Gasteiger partial charge in [0.15, 0.2) is 0 Å².